The molecule has 1 aromatic rings. The Kier molecular flexibility index (Phi) is 5.42. The van der Waals surface area contributed by atoms with Crippen molar-refractivity contribution in [3.63, 3.8) is 0 Å². The highest BCUT2D eigenvalue weighted by molar-refractivity contribution is 6.39. The molecule has 1 aromatic carbocycles. The summed E-state index contributed by atoms with van der Waals surface area (Å²) in [6.45, 7) is 7.41. The Morgan fingerprint density at radius 3 is 2.39 bits per heavy atom. The fraction of sp³-hybridized carbons (Fsp3) is 0.556. The molecule has 1 fully saturated rings. The van der Waals surface area contributed by atoms with E-state index >= 15 is 0 Å². The number of rotatable bonds is 2. The number of aliphatic hydroxyl groups is 1. The summed E-state index contributed by atoms with van der Waals surface area (Å²) >= 11 is 0. The first-order valence-electron chi connectivity index (χ1n) is 8.13. The second-order valence-electron chi connectivity index (χ2n) is 7.17. The molecule has 1 heterocycles. The van der Waals surface area contributed by atoms with E-state index in [9.17, 15) is 9.59 Å². The normalized spacial score (nSPS) is 16.3. The molecule has 0 aromatic heterocycles. The van der Waals surface area contributed by atoms with Crippen molar-refractivity contribution < 1.29 is 14.7 Å². The Labute approximate surface area is 137 Å². The predicted molar refractivity (Wildman–Crippen MR) is 90.2 cm³/mol. The molecule has 1 aliphatic rings. The van der Waals surface area contributed by atoms with Crippen LogP contribution in [-0.4, -0.2) is 41.5 Å². The smallest absolute Gasteiger partial charge is 0.313 e. The molecule has 1 saturated heterocycles. The summed E-state index contributed by atoms with van der Waals surface area (Å²) in [7, 11) is 0. The summed E-state index contributed by atoms with van der Waals surface area (Å²) in [5.74, 6) is -0.849. The van der Waals surface area contributed by atoms with Crippen LogP contribution >= 0.6 is 0 Å². The van der Waals surface area contributed by atoms with Crippen molar-refractivity contribution in [3.8, 4) is 0 Å². The van der Waals surface area contributed by atoms with Gasteiger partial charge >= 0.3 is 11.8 Å². The van der Waals surface area contributed by atoms with E-state index in [1.54, 1.807) is 4.90 Å². The molecule has 0 aliphatic carbocycles. The standard InChI is InChI=1S/C18H26N2O3/c1-18(2,3)14-6-4-5-7-15(14)19-16(22)17(23)20-10-8-13(12-21)9-11-20/h4-7,13,21H,8-12H2,1-3H3,(H,19,22). The number of nitrogens with one attached hydrogen (secondary N) is 1. The first-order chi connectivity index (χ1) is 10.8. The number of amides is 2. The van der Waals surface area contributed by atoms with Crippen molar-refractivity contribution in [2.45, 2.75) is 39.0 Å². The van der Waals surface area contributed by atoms with Crippen molar-refractivity contribution in [1.29, 1.82) is 0 Å². The largest absolute Gasteiger partial charge is 0.396 e. The van der Waals surface area contributed by atoms with E-state index in [2.05, 4.69) is 26.1 Å². The number of nitrogens with zero attached hydrogens (tertiary/aromatic N) is 1. The second kappa shape index (κ2) is 7.13. The van der Waals surface area contributed by atoms with Crippen LogP contribution in [0, 0.1) is 5.92 Å². The molecule has 0 unspecified atom stereocenters. The minimum atomic E-state index is -0.593. The molecule has 0 saturated carbocycles. The van der Waals surface area contributed by atoms with E-state index in [1.807, 2.05) is 24.3 Å². The zero-order valence-electron chi connectivity index (χ0n) is 14.1. The molecule has 2 rings (SSSR count). The molecule has 23 heavy (non-hydrogen) atoms. The molecular weight excluding hydrogens is 292 g/mol. The number of hydrogen-bond donors (Lipinski definition) is 2. The van der Waals surface area contributed by atoms with Crippen LogP contribution in [0.1, 0.15) is 39.2 Å². The average Bonchev–Trinajstić information content (AvgIpc) is 2.53. The van der Waals surface area contributed by atoms with E-state index in [1.165, 1.54) is 0 Å². The van der Waals surface area contributed by atoms with Crippen molar-refractivity contribution in [1.82, 2.24) is 4.90 Å². The average molecular weight is 318 g/mol. The molecule has 5 nitrogen and oxygen atoms in total. The fourth-order valence-corrected chi connectivity index (χ4v) is 2.88. The number of hydrogen-bond acceptors (Lipinski definition) is 3. The van der Waals surface area contributed by atoms with E-state index in [-0.39, 0.29) is 17.9 Å². The Balaban J connectivity index is 2.04. The van der Waals surface area contributed by atoms with Crippen LogP contribution in [0.25, 0.3) is 0 Å². The summed E-state index contributed by atoms with van der Waals surface area (Å²) in [5, 5.41) is 11.9. The highest BCUT2D eigenvalue weighted by Gasteiger charge is 2.28. The van der Waals surface area contributed by atoms with Gasteiger partial charge in [-0.3, -0.25) is 9.59 Å². The van der Waals surface area contributed by atoms with Gasteiger partial charge in [0.2, 0.25) is 0 Å². The Hall–Kier alpha value is -1.88. The number of aliphatic hydroxyl groups excluding tert-OH is 1. The third-order valence-corrected chi connectivity index (χ3v) is 4.34. The number of para-hydroxylation sites is 1. The number of benzene rings is 1. The lowest BCUT2D eigenvalue weighted by atomic mass is 9.86. The van der Waals surface area contributed by atoms with Gasteiger partial charge in [-0.25, -0.2) is 0 Å². The zero-order valence-corrected chi connectivity index (χ0v) is 14.1. The lowest BCUT2D eigenvalue weighted by molar-refractivity contribution is -0.144. The highest BCUT2D eigenvalue weighted by atomic mass is 16.3. The van der Waals surface area contributed by atoms with Gasteiger partial charge in [-0.1, -0.05) is 39.0 Å². The van der Waals surface area contributed by atoms with Crippen LogP contribution in [0.2, 0.25) is 0 Å². The maximum Gasteiger partial charge on any atom is 0.313 e. The number of carbonyl (C=O) groups is 2. The molecule has 5 heteroatoms. The van der Waals surface area contributed by atoms with Gasteiger partial charge in [-0.2, -0.15) is 0 Å². The van der Waals surface area contributed by atoms with Crippen molar-refractivity contribution in [2.24, 2.45) is 5.92 Å². The van der Waals surface area contributed by atoms with Gasteiger partial charge in [-0.05, 0) is 35.8 Å². The summed E-state index contributed by atoms with van der Waals surface area (Å²) in [4.78, 5) is 26.2. The zero-order chi connectivity index (χ0) is 17.0. The quantitative estimate of drug-likeness (QED) is 0.821. The maximum atomic E-state index is 12.3. The minimum Gasteiger partial charge on any atom is -0.396 e. The van der Waals surface area contributed by atoms with Crippen molar-refractivity contribution >= 4 is 17.5 Å². The minimum absolute atomic E-state index is 0.119. The monoisotopic (exact) mass is 318 g/mol. The van der Waals surface area contributed by atoms with Gasteiger partial charge < -0.3 is 15.3 Å². The van der Waals surface area contributed by atoms with E-state index in [0.29, 0.717) is 18.8 Å². The van der Waals surface area contributed by atoms with E-state index in [4.69, 9.17) is 5.11 Å². The van der Waals surface area contributed by atoms with Crippen molar-refractivity contribution in [3.05, 3.63) is 29.8 Å². The maximum absolute atomic E-state index is 12.3. The number of carbonyl (C=O) groups excluding carboxylic acids is 2. The van der Waals surface area contributed by atoms with Gasteiger partial charge in [0.25, 0.3) is 0 Å². The third-order valence-electron chi connectivity index (χ3n) is 4.34. The second-order valence-corrected chi connectivity index (χ2v) is 7.17. The molecule has 1 aliphatic heterocycles. The van der Waals surface area contributed by atoms with Gasteiger partial charge in [0.05, 0.1) is 0 Å². The molecular formula is C18H26N2O3. The van der Waals surface area contributed by atoms with Crippen LogP contribution in [0.3, 0.4) is 0 Å². The predicted octanol–water partition coefficient (Wildman–Crippen LogP) is 2.15. The van der Waals surface area contributed by atoms with Crippen LogP contribution in [-0.2, 0) is 15.0 Å². The van der Waals surface area contributed by atoms with Crippen molar-refractivity contribution in [2.75, 3.05) is 25.0 Å². The number of piperidine rings is 1. The summed E-state index contributed by atoms with van der Waals surface area (Å²) in [6, 6.07) is 7.57. The van der Waals surface area contributed by atoms with Crippen LogP contribution < -0.4 is 5.32 Å². The molecule has 0 atom stereocenters. The summed E-state index contributed by atoms with van der Waals surface area (Å²) in [5.41, 5.74) is 1.57. The lowest BCUT2D eigenvalue weighted by Gasteiger charge is -2.30. The lowest BCUT2D eigenvalue weighted by Crippen LogP contribution is -2.44. The van der Waals surface area contributed by atoms with Gasteiger partial charge in [-0.15, -0.1) is 0 Å². The highest BCUT2D eigenvalue weighted by Crippen LogP contribution is 2.29. The Morgan fingerprint density at radius 1 is 1.22 bits per heavy atom. The van der Waals surface area contributed by atoms with E-state index in [0.717, 1.165) is 18.4 Å². The molecule has 0 spiro atoms. The SMILES string of the molecule is CC(C)(C)c1ccccc1NC(=O)C(=O)N1CCC(CO)CC1. The summed E-state index contributed by atoms with van der Waals surface area (Å²) < 4.78 is 0. The molecule has 126 valence electrons. The number of anilines is 1. The molecule has 2 amide bonds. The first-order valence-corrected chi connectivity index (χ1v) is 8.13. The van der Waals surface area contributed by atoms with Gasteiger partial charge in [0.1, 0.15) is 0 Å². The Morgan fingerprint density at radius 2 is 1.83 bits per heavy atom. The molecule has 0 radical (unpaired) electrons. The fourth-order valence-electron chi connectivity index (χ4n) is 2.88. The Bertz CT molecular complexity index is 570. The summed E-state index contributed by atoms with van der Waals surface area (Å²) in [6.07, 6.45) is 1.49. The molecule has 2 N–H and O–H groups in total. The topological polar surface area (TPSA) is 69.6 Å². The van der Waals surface area contributed by atoms with Gasteiger partial charge in [0, 0.05) is 25.4 Å². The van der Waals surface area contributed by atoms with Crippen LogP contribution in [0.15, 0.2) is 24.3 Å². The third kappa shape index (κ3) is 4.32. The number of likely N-dealkylation sites (tertiary alicyclic amines) is 1. The van der Waals surface area contributed by atoms with E-state index < -0.39 is 11.8 Å². The van der Waals surface area contributed by atoms with Crippen LogP contribution in [0.5, 0.6) is 0 Å². The molecule has 0 bridgehead atoms. The van der Waals surface area contributed by atoms with Crippen LogP contribution in [0.4, 0.5) is 5.69 Å². The van der Waals surface area contributed by atoms with Gasteiger partial charge in [0.15, 0.2) is 0 Å². The first kappa shape index (κ1) is 17.5.